The van der Waals surface area contributed by atoms with Gasteiger partial charge in [0.2, 0.25) is 0 Å². The molecule has 0 saturated heterocycles. The van der Waals surface area contributed by atoms with E-state index in [1.807, 2.05) is 24.3 Å². The summed E-state index contributed by atoms with van der Waals surface area (Å²) in [5.74, 6) is 0.734. The van der Waals surface area contributed by atoms with Crippen LogP contribution < -0.4 is 0 Å². The summed E-state index contributed by atoms with van der Waals surface area (Å²) in [5, 5.41) is 3.37. The van der Waals surface area contributed by atoms with E-state index in [4.69, 9.17) is 9.97 Å². The molecular formula is C36H24N2. The molecule has 7 aromatic rings. The van der Waals surface area contributed by atoms with Crippen LogP contribution >= 0.6 is 0 Å². The van der Waals surface area contributed by atoms with E-state index in [9.17, 15) is 0 Å². The van der Waals surface area contributed by atoms with Crippen LogP contribution in [0.5, 0.6) is 0 Å². The summed E-state index contributed by atoms with van der Waals surface area (Å²) in [6.45, 7) is 0. The zero-order valence-corrected chi connectivity index (χ0v) is 20.8. The smallest absolute Gasteiger partial charge is 0.160 e. The normalized spacial score (nSPS) is 11.2. The van der Waals surface area contributed by atoms with Gasteiger partial charge in [0.15, 0.2) is 5.82 Å². The van der Waals surface area contributed by atoms with Crippen molar-refractivity contribution in [2.75, 3.05) is 0 Å². The van der Waals surface area contributed by atoms with Gasteiger partial charge in [0.1, 0.15) is 0 Å². The van der Waals surface area contributed by atoms with Gasteiger partial charge in [0.25, 0.3) is 0 Å². The Balaban J connectivity index is 1.53. The molecule has 0 aliphatic carbocycles. The van der Waals surface area contributed by atoms with Gasteiger partial charge in [-0.2, -0.15) is 0 Å². The van der Waals surface area contributed by atoms with Crippen molar-refractivity contribution in [1.29, 1.82) is 0 Å². The van der Waals surface area contributed by atoms with Crippen LogP contribution in [0, 0.1) is 0 Å². The van der Waals surface area contributed by atoms with Crippen molar-refractivity contribution in [1.82, 2.24) is 9.97 Å². The van der Waals surface area contributed by atoms with Gasteiger partial charge in [0, 0.05) is 21.9 Å². The van der Waals surface area contributed by atoms with Crippen molar-refractivity contribution < 1.29 is 0 Å². The molecular weight excluding hydrogens is 460 g/mol. The van der Waals surface area contributed by atoms with Gasteiger partial charge in [-0.15, -0.1) is 0 Å². The van der Waals surface area contributed by atoms with Crippen molar-refractivity contribution in [2.24, 2.45) is 0 Å². The van der Waals surface area contributed by atoms with E-state index < -0.39 is 0 Å². The van der Waals surface area contributed by atoms with Crippen LogP contribution in [0.25, 0.3) is 66.6 Å². The summed E-state index contributed by atoms with van der Waals surface area (Å²) in [7, 11) is 0. The summed E-state index contributed by atoms with van der Waals surface area (Å²) in [4.78, 5) is 10.3. The Morgan fingerprint density at radius 2 is 0.842 bits per heavy atom. The molecule has 6 aromatic carbocycles. The third kappa shape index (κ3) is 3.93. The maximum atomic E-state index is 5.17. The van der Waals surface area contributed by atoms with E-state index >= 15 is 0 Å². The number of rotatable bonds is 4. The van der Waals surface area contributed by atoms with E-state index in [-0.39, 0.29) is 0 Å². The van der Waals surface area contributed by atoms with Gasteiger partial charge in [-0.05, 0) is 33.7 Å². The van der Waals surface area contributed by atoms with E-state index in [0.717, 1.165) is 38.9 Å². The highest BCUT2D eigenvalue weighted by Gasteiger charge is 2.17. The first kappa shape index (κ1) is 22.1. The fraction of sp³-hybridized carbons (Fsp3) is 0. The Kier molecular flexibility index (Phi) is 5.49. The Labute approximate surface area is 221 Å². The first-order valence-electron chi connectivity index (χ1n) is 12.9. The lowest BCUT2D eigenvalue weighted by molar-refractivity contribution is 1.23. The van der Waals surface area contributed by atoms with Crippen molar-refractivity contribution in [2.45, 2.75) is 0 Å². The molecule has 1 aromatic heterocycles. The van der Waals surface area contributed by atoms with Crippen molar-refractivity contribution >= 4 is 21.7 Å². The van der Waals surface area contributed by atoms with E-state index in [0.29, 0.717) is 0 Å². The third-order valence-corrected chi connectivity index (χ3v) is 7.09. The van der Waals surface area contributed by atoms with Gasteiger partial charge in [-0.25, -0.2) is 9.97 Å². The molecule has 2 heteroatoms. The van der Waals surface area contributed by atoms with E-state index in [1.165, 1.54) is 27.6 Å². The molecule has 0 radical (unpaired) electrons. The number of fused-ring (bicyclic) bond motifs is 3. The zero-order valence-electron chi connectivity index (χ0n) is 20.8. The van der Waals surface area contributed by atoms with Gasteiger partial charge < -0.3 is 0 Å². The first-order valence-corrected chi connectivity index (χ1v) is 12.9. The number of hydrogen-bond acceptors (Lipinski definition) is 2. The highest BCUT2D eigenvalue weighted by atomic mass is 14.9. The number of hydrogen-bond donors (Lipinski definition) is 0. The lowest BCUT2D eigenvalue weighted by Gasteiger charge is -2.15. The largest absolute Gasteiger partial charge is 0.227 e. The molecule has 0 fully saturated rings. The van der Waals surface area contributed by atoms with Crippen LogP contribution in [0.4, 0.5) is 0 Å². The predicted octanol–water partition coefficient (Wildman–Crippen LogP) is 9.45. The molecule has 1 heterocycles. The standard InChI is InChI=1S/C36H24N2/c1-4-12-25(13-5-1)26-20-22-28(23-21-26)34-33-24-32(27-14-6-2-7-15-27)30-18-10-11-19-31(30)35(33)38-36(37-34)29-16-8-3-9-17-29/h1-24H. The topological polar surface area (TPSA) is 25.8 Å². The van der Waals surface area contributed by atoms with Gasteiger partial charge in [-0.1, -0.05) is 140 Å². The maximum absolute atomic E-state index is 5.17. The Bertz CT molecular complexity index is 1880. The summed E-state index contributed by atoms with van der Waals surface area (Å²) < 4.78 is 0. The minimum atomic E-state index is 0.734. The van der Waals surface area contributed by atoms with Crippen LogP contribution in [-0.4, -0.2) is 9.97 Å². The molecule has 7 rings (SSSR count). The summed E-state index contributed by atoms with van der Waals surface area (Å²) in [6, 6.07) is 50.8. The zero-order chi connectivity index (χ0) is 25.3. The Hall–Kier alpha value is -5.08. The minimum absolute atomic E-state index is 0.734. The molecule has 0 aliphatic heterocycles. The third-order valence-electron chi connectivity index (χ3n) is 7.09. The lowest BCUT2D eigenvalue weighted by Crippen LogP contribution is -1.97. The Morgan fingerprint density at radius 1 is 0.342 bits per heavy atom. The molecule has 0 spiro atoms. The van der Waals surface area contributed by atoms with Crippen molar-refractivity contribution in [3.63, 3.8) is 0 Å². The summed E-state index contributed by atoms with van der Waals surface area (Å²) in [6.07, 6.45) is 0. The number of nitrogens with zero attached hydrogens (tertiary/aromatic N) is 2. The van der Waals surface area contributed by atoms with Crippen LogP contribution in [0.15, 0.2) is 146 Å². The fourth-order valence-electron chi connectivity index (χ4n) is 5.20. The van der Waals surface area contributed by atoms with Crippen LogP contribution in [0.1, 0.15) is 0 Å². The second-order valence-corrected chi connectivity index (χ2v) is 9.44. The average Bonchev–Trinajstić information content (AvgIpc) is 3.01. The summed E-state index contributed by atoms with van der Waals surface area (Å²) >= 11 is 0. The minimum Gasteiger partial charge on any atom is -0.227 e. The highest BCUT2D eigenvalue weighted by molar-refractivity contribution is 6.15. The van der Waals surface area contributed by atoms with E-state index in [1.54, 1.807) is 0 Å². The monoisotopic (exact) mass is 484 g/mol. The highest BCUT2D eigenvalue weighted by Crippen LogP contribution is 2.39. The first-order chi connectivity index (χ1) is 18.8. The number of benzene rings is 6. The molecule has 0 amide bonds. The SMILES string of the molecule is c1ccc(-c2ccc(-c3nc(-c4ccccc4)nc4c3cc(-c3ccccc3)c3ccccc34)cc2)cc1. The quantitative estimate of drug-likeness (QED) is 0.233. The molecule has 38 heavy (non-hydrogen) atoms. The molecule has 0 N–H and O–H groups in total. The lowest BCUT2D eigenvalue weighted by atomic mass is 9.93. The molecule has 0 atom stereocenters. The molecule has 178 valence electrons. The molecule has 0 saturated carbocycles. The second-order valence-electron chi connectivity index (χ2n) is 9.44. The fourth-order valence-corrected chi connectivity index (χ4v) is 5.20. The van der Waals surface area contributed by atoms with Gasteiger partial charge in [-0.3, -0.25) is 0 Å². The van der Waals surface area contributed by atoms with Gasteiger partial charge >= 0.3 is 0 Å². The molecule has 2 nitrogen and oxygen atoms in total. The molecule has 0 aliphatic rings. The molecule has 0 unspecified atom stereocenters. The van der Waals surface area contributed by atoms with Crippen LogP contribution in [-0.2, 0) is 0 Å². The van der Waals surface area contributed by atoms with Crippen molar-refractivity contribution in [3.05, 3.63) is 146 Å². The molecule has 0 bridgehead atoms. The predicted molar refractivity (Wildman–Crippen MR) is 159 cm³/mol. The summed E-state index contributed by atoms with van der Waals surface area (Å²) in [5.41, 5.74) is 8.75. The van der Waals surface area contributed by atoms with Gasteiger partial charge in [0.05, 0.1) is 11.2 Å². The van der Waals surface area contributed by atoms with Crippen molar-refractivity contribution in [3.8, 4) is 44.9 Å². The second kappa shape index (κ2) is 9.42. The van der Waals surface area contributed by atoms with Crippen LogP contribution in [0.3, 0.4) is 0 Å². The number of aromatic nitrogens is 2. The van der Waals surface area contributed by atoms with E-state index in [2.05, 4.69) is 121 Å². The van der Waals surface area contributed by atoms with Crippen LogP contribution in [0.2, 0.25) is 0 Å². The average molecular weight is 485 g/mol. The maximum Gasteiger partial charge on any atom is 0.160 e. The Morgan fingerprint density at radius 3 is 1.50 bits per heavy atom.